The Hall–Kier alpha value is -1.51. The highest BCUT2D eigenvalue weighted by Gasteiger charge is 2.03. The average molecular weight is 194 g/mol. The van der Waals surface area contributed by atoms with Crippen LogP contribution in [0.25, 0.3) is 0 Å². The number of allylic oxidation sites excluding steroid dienone is 4. The summed E-state index contributed by atoms with van der Waals surface area (Å²) in [5.74, 6) is 0.617. The second kappa shape index (κ2) is 6.02. The molecule has 0 saturated heterocycles. The lowest BCUT2D eigenvalue weighted by atomic mass is 10.2. The van der Waals surface area contributed by atoms with Gasteiger partial charge in [0, 0.05) is 6.42 Å². The topological polar surface area (TPSA) is 35.5 Å². The van der Waals surface area contributed by atoms with E-state index in [-0.39, 0.29) is 12.4 Å². The molecule has 0 aromatic carbocycles. The molecule has 14 heavy (non-hydrogen) atoms. The molecule has 0 aliphatic heterocycles. The number of rotatable bonds is 5. The molecule has 0 radical (unpaired) electrons. The fourth-order valence-electron chi connectivity index (χ4n) is 1.12. The van der Waals surface area contributed by atoms with Crippen molar-refractivity contribution >= 4 is 5.97 Å². The van der Waals surface area contributed by atoms with E-state index >= 15 is 0 Å². The average Bonchev–Trinajstić information content (AvgIpc) is 2.20. The summed E-state index contributed by atoms with van der Waals surface area (Å²) in [6.45, 7) is 3.66. The lowest BCUT2D eigenvalue weighted by Crippen LogP contribution is -2.05. The van der Waals surface area contributed by atoms with Crippen LogP contribution in [0.4, 0.5) is 0 Å². The third-order valence-electron chi connectivity index (χ3n) is 1.78. The van der Waals surface area contributed by atoms with Crippen LogP contribution in [0.5, 0.6) is 0 Å². The Morgan fingerprint density at radius 1 is 1.64 bits per heavy atom. The number of esters is 1. The summed E-state index contributed by atoms with van der Waals surface area (Å²) in [6.07, 6.45) is 9.26. The molecule has 0 aromatic heterocycles. The molecule has 0 bridgehead atoms. The zero-order chi connectivity index (χ0) is 10.2. The van der Waals surface area contributed by atoms with E-state index in [2.05, 4.69) is 17.4 Å². The van der Waals surface area contributed by atoms with Crippen molar-refractivity contribution in [1.82, 2.24) is 0 Å². The summed E-state index contributed by atoms with van der Waals surface area (Å²) in [5.41, 5.74) is 0. The van der Waals surface area contributed by atoms with Gasteiger partial charge in [0.05, 0.1) is 25.0 Å². The Balaban J connectivity index is 2.14. The summed E-state index contributed by atoms with van der Waals surface area (Å²) in [4.78, 5) is 10.9. The van der Waals surface area contributed by atoms with Gasteiger partial charge in [0.2, 0.25) is 0 Å². The van der Waals surface area contributed by atoms with Crippen LogP contribution in [-0.2, 0) is 14.3 Å². The minimum absolute atomic E-state index is 0.257. The largest absolute Gasteiger partial charge is 0.497 e. The Bertz CT molecular complexity index is 264. The van der Waals surface area contributed by atoms with Crippen LogP contribution >= 0.6 is 0 Å². The van der Waals surface area contributed by atoms with Gasteiger partial charge < -0.3 is 9.47 Å². The highest BCUT2D eigenvalue weighted by molar-refractivity contribution is 5.70. The molecule has 0 fully saturated rings. The predicted molar refractivity (Wildman–Crippen MR) is 53.3 cm³/mol. The van der Waals surface area contributed by atoms with Crippen LogP contribution in [0.3, 0.4) is 0 Å². The Kier molecular flexibility index (Phi) is 4.55. The fourth-order valence-corrected chi connectivity index (χ4v) is 1.12. The molecule has 1 aliphatic carbocycles. The van der Waals surface area contributed by atoms with Gasteiger partial charge in [-0.05, 0) is 12.5 Å². The Labute approximate surface area is 83.7 Å². The monoisotopic (exact) mass is 194 g/mol. The molecule has 76 valence electrons. The second-order valence-corrected chi connectivity index (χ2v) is 2.85. The highest BCUT2D eigenvalue weighted by Crippen LogP contribution is 2.12. The van der Waals surface area contributed by atoms with Gasteiger partial charge in [-0.15, -0.1) is 0 Å². The molecule has 0 heterocycles. The highest BCUT2D eigenvalue weighted by atomic mass is 16.5. The molecule has 3 heteroatoms. The first-order chi connectivity index (χ1) is 6.83. The maximum absolute atomic E-state index is 10.9. The SMILES string of the molecule is C=COC(=O)CCOC1=CC=CCC1. The van der Waals surface area contributed by atoms with E-state index < -0.39 is 0 Å². The first-order valence-corrected chi connectivity index (χ1v) is 4.62. The number of carbonyl (C=O) groups is 1. The molecule has 0 aromatic rings. The molecule has 1 rings (SSSR count). The molecule has 0 atom stereocenters. The van der Waals surface area contributed by atoms with Crippen molar-refractivity contribution < 1.29 is 14.3 Å². The van der Waals surface area contributed by atoms with Crippen LogP contribution in [-0.4, -0.2) is 12.6 Å². The second-order valence-electron chi connectivity index (χ2n) is 2.85. The minimum Gasteiger partial charge on any atom is -0.497 e. The van der Waals surface area contributed by atoms with E-state index in [9.17, 15) is 4.79 Å². The van der Waals surface area contributed by atoms with E-state index in [1.54, 1.807) is 0 Å². The van der Waals surface area contributed by atoms with Gasteiger partial charge in [0.25, 0.3) is 0 Å². The van der Waals surface area contributed by atoms with Gasteiger partial charge in [-0.1, -0.05) is 18.7 Å². The van der Waals surface area contributed by atoms with Gasteiger partial charge in [0.1, 0.15) is 0 Å². The first-order valence-electron chi connectivity index (χ1n) is 4.62. The molecule has 0 amide bonds. The summed E-state index contributed by atoms with van der Waals surface area (Å²) in [7, 11) is 0. The Morgan fingerprint density at radius 2 is 2.50 bits per heavy atom. The Morgan fingerprint density at radius 3 is 3.14 bits per heavy atom. The van der Waals surface area contributed by atoms with E-state index in [0.29, 0.717) is 6.61 Å². The molecular formula is C11H14O3. The molecule has 1 aliphatic rings. The van der Waals surface area contributed by atoms with Crippen LogP contribution in [0, 0.1) is 0 Å². The molecule has 0 saturated carbocycles. The minimum atomic E-state index is -0.313. The van der Waals surface area contributed by atoms with Crippen LogP contribution in [0.1, 0.15) is 19.3 Å². The van der Waals surface area contributed by atoms with Crippen LogP contribution in [0.2, 0.25) is 0 Å². The molecular weight excluding hydrogens is 180 g/mol. The lowest BCUT2D eigenvalue weighted by Gasteiger charge is -2.10. The fraction of sp³-hybridized carbons (Fsp3) is 0.364. The summed E-state index contributed by atoms with van der Waals surface area (Å²) in [5, 5.41) is 0. The van der Waals surface area contributed by atoms with E-state index in [4.69, 9.17) is 4.74 Å². The predicted octanol–water partition coefficient (Wildman–Crippen LogP) is 2.31. The van der Waals surface area contributed by atoms with E-state index in [0.717, 1.165) is 24.9 Å². The zero-order valence-corrected chi connectivity index (χ0v) is 8.07. The van der Waals surface area contributed by atoms with E-state index in [1.807, 2.05) is 12.2 Å². The smallest absolute Gasteiger partial charge is 0.314 e. The number of carbonyl (C=O) groups excluding carboxylic acids is 1. The van der Waals surface area contributed by atoms with Crippen molar-refractivity contribution in [2.24, 2.45) is 0 Å². The third kappa shape index (κ3) is 3.94. The standard InChI is InChI=1S/C11H14O3/c1-2-13-11(12)8-9-14-10-6-4-3-5-7-10/h2-4,6H,1,5,7-9H2. The van der Waals surface area contributed by atoms with Crippen molar-refractivity contribution in [2.75, 3.05) is 6.61 Å². The van der Waals surface area contributed by atoms with Crippen LogP contribution in [0.15, 0.2) is 36.8 Å². The zero-order valence-electron chi connectivity index (χ0n) is 8.07. The van der Waals surface area contributed by atoms with Gasteiger partial charge in [-0.3, -0.25) is 4.79 Å². The summed E-state index contributed by atoms with van der Waals surface area (Å²) < 4.78 is 9.92. The number of ether oxygens (including phenoxy) is 2. The van der Waals surface area contributed by atoms with Crippen molar-refractivity contribution in [3.63, 3.8) is 0 Å². The summed E-state index contributed by atoms with van der Waals surface area (Å²) >= 11 is 0. The van der Waals surface area contributed by atoms with Gasteiger partial charge >= 0.3 is 5.97 Å². The number of hydrogen-bond donors (Lipinski definition) is 0. The van der Waals surface area contributed by atoms with Crippen molar-refractivity contribution in [3.05, 3.63) is 36.8 Å². The molecule has 0 N–H and O–H groups in total. The summed E-state index contributed by atoms with van der Waals surface area (Å²) in [6, 6.07) is 0. The van der Waals surface area contributed by atoms with Gasteiger partial charge in [0.15, 0.2) is 0 Å². The van der Waals surface area contributed by atoms with Crippen molar-refractivity contribution in [3.8, 4) is 0 Å². The van der Waals surface area contributed by atoms with Crippen molar-refractivity contribution in [2.45, 2.75) is 19.3 Å². The lowest BCUT2D eigenvalue weighted by molar-refractivity contribution is -0.138. The number of hydrogen-bond acceptors (Lipinski definition) is 3. The first kappa shape index (κ1) is 10.6. The third-order valence-corrected chi connectivity index (χ3v) is 1.78. The van der Waals surface area contributed by atoms with Crippen molar-refractivity contribution in [1.29, 1.82) is 0 Å². The normalized spacial score (nSPS) is 14.4. The maximum atomic E-state index is 10.9. The van der Waals surface area contributed by atoms with Crippen LogP contribution < -0.4 is 0 Å². The molecule has 0 spiro atoms. The van der Waals surface area contributed by atoms with Gasteiger partial charge in [-0.25, -0.2) is 0 Å². The maximum Gasteiger partial charge on any atom is 0.314 e. The molecule has 3 nitrogen and oxygen atoms in total. The quantitative estimate of drug-likeness (QED) is 0.497. The van der Waals surface area contributed by atoms with E-state index in [1.165, 1.54) is 0 Å². The van der Waals surface area contributed by atoms with Gasteiger partial charge in [-0.2, -0.15) is 0 Å². The molecule has 0 unspecified atom stereocenters.